The lowest BCUT2D eigenvalue weighted by Gasteiger charge is -2.10. The van der Waals surface area contributed by atoms with Crippen LogP contribution in [-0.2, 0) is 6.42 Å². The normalized spacial score (nSPS) is 12.5. The largest absolute Gasteiger partial charge is 0.497 e. The zero-order valence-corrected chi connectivity index (χ0v) is 9.16. The minimum Gasteiger partial charge on any atom is -0.497 e. The van der Waals surface area contributed by atoms with Crippen LogP contribution < -0.4 is 10.1 Å². The van der Waals surface area contributed by atoms with E-state index in [4.69, 9.17) is 4.74 Å². The molecule has 0 saturated heterocycles. The molecule has 0 aromatic heterocycles. The van der Waals surface area contributed by atoms with Crippen LogP contribution in [0.2, 0.25) is 0 Å². The average Bonchev–Trinajstić information content (AvgIpc) is 2.19. The predicted octanol–water partition coefficient (Wildman–Crippen LogP) is 2.25. The van der Waals surface area contributed by atoms with Gasteiger partial charge in [-0.1, -0.05) is 19.1 Å². The number of nitrogens with zero attached hydrogens (tertiary/aromatic N) is 1. The minimum atomic E-state index is 0.411. The second-order valence-electron chi connectivity index (χ2n) is 3.40. The monoisotopic (exact) mass is 192 g/mol. The van der Waals surface area contributed by atoms with E-state index in [9.17, 15) is 0 Å². The summed E-state index contributed by atoms with van der Waals surface area (Å²) >= 11 is 0. The van der Waals surface area contributed by atoms with Gasteiger partial charge in [-0.3, -0.25) is 0 Å². The third kappa shape index (κ3) is 3.38. The Labute approximate surface area is 86.3 Å². The van der Waals surface area contributed by atoms with Gasteiger partial charge in [0.15, 0.2) is 0 Å². The zero-order chi connectivity index (χ0) is 10.4. The van der Waals surface area contributed by atoms with Gasteiger partial charge in [0.25, 0.3) is 0 Å². The molecule has 1 aromatic rings. The first-order valence-corrected chi connectivity index (χ1v) is 5.05. The van der Waals surface area contributed by atoms with Crippen LogP contribution in [0.25, 0.3) is 0 Å². The van der Waals surface area contributed by atoms with Crippen LogP contribution in [0.1, 0.15) is 19.4 Å². The maximum Gasteiger partial charge on any atom is 0.118 e. The Morgan fingerprint density at radius 1 is 1.29 bits per heavy atom. The quantitative estimate of drug-likeness (QED) is 0.701. The second-order valence-corrected chi connectivity index (χ2v) is 3.40. The first-order valence-electron chi connectivity index (χ1n) is 5.05. The lowest BCUT2D eigenvalue weighted by Crippen LogP contribution is -2.20. The van der Waals surface area contributed by atoms with Crippen molar-refractivity contribution in [1.82, 2.24) is 5.32 Å². The molecule has 0 bridgehead atoms. The Bertz CT molecular complexity index is 256. The highest BCUT2D eigenvalue weighted by atomic mass is 16.5. The number of rotatable bonds is 5. The summed E-state index contributed by atoms with van der Waals surface area (Å²) in [6.45, 7) is 5.12. The molecule has 1 radical (unpaired) electrons. The van der Waals surface area contributed by atoms with E-state index in [0.29, 0.717) is 6.04 Å². The number of likely N-dealkylation sites (N-methyl/N-ethyl adjacent to an activating group) is 1. The summed E-state index contributed by atoms with van der Waals surface area (Å²) in [5.41, 5.74) is 1.32. The van der Waals surface area contributed by atoms with Gasteiger partial charge in [0.05, 0.1) is 7.11 Å². The van der Waals surface area contributed by atoms with Crippen molar-refractivity contribution in [2.45, 2.75) is 26.3 Å². The summed E-state index contributed by atoms with van der Waals surface area (Å²) in [5, 5.41) is 4.43. The molecule has 0 N–H and O–H groups in total. The highest BCUT2D eigenvalue weighted by Crippen LogP contribution is 2.12. The molecular formula is C12H18NO. The van der Waals surface area contributed by atoms with Crippen LogP contribution in [0.15, 0.2) is 24.3 Å². The summed E-state index contributed by atoms with van der Waals surface area (Å²) in [4.78, 5) is 0. The molecule has 0 spiro atoms. The standard InChI is InChI=1S/C12H18NO/c1-4-13-10(2)9-11-5-7-12(14-3)8-6-11/h5-8,10H,4,9H2,1-3H3. The Hall–Kier alpha value is -1.02. The van der Waals surface area contributed by atoms with Crippen LogP contribution in [0.3, 0.4) is 0 Å². The van der Waals surface area contributed by atoms with Gasteiger partial charge in [-0.15, -0.1) is 0 Å². The van der Waals surface area contributed by atoms with E-state index in [-0.39, 0.29) is 0 Å². The lowest BCUT2D eigenvalue weighted by atomic mass is 10.1. The molecule has 0 aliphatic rings. The van der Waals surface area contributed by atoms with Gasteiger partial charge in [0.1, 0.15) is 5.75 Å². The average molecular weight is 192 g/mol. The van der Waals surface area contributed by atoms with Crippen molar-refractivity contribution < 1.29 is 4.74 Å². The summed E-state index contributed by atoms with van der Waals surface area (Å²) in [6.07, 6.45) is 1.01. The lowest BCUT2D eigenvalue weighted by molar-refractivity contribution is 0.414. The van der Waals surface area contributed by atoms with Gasteiger partial charge in [-0.05, 0) is 31.0 Å². The van der Waals surface area contributed by atoms with E-state index in [1.807, 2.05) is 12.1 Å². The molecule has 1 aromatic carbocycles. The fourth-order valence-corrected chi connectivity index (χ4v) is 1.48. The molecule has 0 aliphatic heterocycles. The molecule has 0 heterocycles. The molecule has 1 rings (SSSR count). The molecule has 1 atom stereocenters. The van der Waals surface area contributed by atoms with E-state index >= 15 is 0 Å². The molecule has 1 unspecified atom stereocenters. The first-order chi connectivity index (χ1) is 6.76. The van der Waals surface area contributed by atoms with Crippen molar-refractivity contribution in [3.8, 4) is 5.75 Å². The first kappa shape index (κ1) is 11.1. The third-order valence-electron chi connectivity index (χ3n) is 2.18. The number of hydrogen-bond acceptors (Lipinski definition) is 1. The number of methoxy groups -OCH3 is 1. The summed E-state index contributed by atoms with van der Waals surface area (Å²) < 4.78 is 5.10. The molecule has 0 aliphatic carbocycles. The summed E-state index contributed by atoms with van der Waals surface area (Å²) in [6, 6.07) is 8.59. The highest BCUT2D eigenvalue weighted by molar-refractivity contribution is 5.27. The molecule has 14 heavy (non-hydrogen) atoms. The summed E-state index contributed by atoms with van der Waals surface area (Å²) in [5.74, 6) is 0.911. The molecule has 0 fully saturated rings. The van der Waals surface area contributed by atoms with Crippen molar-refractivity contribution in [3.63, 3.8) is 0 Å². The van der Waals surface area contributed by atoms with Gasteiger partial charge < -0.3 is 4.74 Å². The Morgan fingerprint density at radius 2 is 1.93 bits per heavy atom. The van der Waals surface area contributed by atoms with Crippen LogP contribution in [0.5, 0.6) is 5.75 Å². The van der Waals surface area contributed by atoms with Gasteiger partial charge in [0, 0.05) is 12.6 Å². The maximum absolute atomic E-state index is 5.10. The Morgan fingerprint density at radius 3 is 2.43 bits per heavy atom. The predicted molar refractivity (Wildman–Crippen MR) is 58.8 cm³/mol. The molecule has 2 nitrogen and oxygen atoms in total. The van der Waals surface area contributed by atoms with Gasteiger partial charge in [-0.25, -0.2) is 5.32 Å². The number of benzene rings is 1. The molecule has 0 amide bonds. The zero-order valence-electron chi connectivity index (χ0n) is 9.16. The molecule has 77 valence electrons. The third-order valence-corrected chi connectivity index (χ3v) is 2.18. The van der Waals surface area contributed by atoms with Crippen LogP contribution in [-0.4, -0.2) is 19.7 Å². The minimum absolute atomic E-state index is 0.411. The maximum atomic E-state index is 5.10. The van der Waals surface area contributed by atoms with E-state index in [2.05, 4.69) is 31.3 Å². The van der Waals surface area contributed by atoms with Gasteiger partial charge in [-0.2, -0.15) is 0 Å². The van der Waals surface area contributed by atoms with E-state index < -0.39 is 0 Å². The SMILES string of the molecule is CC[N]C(C)Cc1ccc(OC)cc1. The van der Waals surface area contributed by atoms with Crippen molar-refractivity contribution in [2.24, 2.45) is 0 Å². The molecule has 2 heteroatoms. The van der Waals surface area contributed by atoms with Crippen molar-refractivity contribution >= 4 is 0 Å². The highest BCUT2D eigenvalue weighted by Gasteiger charge is 2.02. The topological polar surface area (TPSA) is 23.3 Å². The number of hydrogen-bond donors (Lipinski definition) is 0. The Balaban J connectivity index is 2.50. The van der Waals surface area contributed by atoms with E-state index in [1.54, 1.807) is 7.11 Å². The number of ether oxygens (including phenoxy) is 1. The van der Waals surface area contributed by atoms with Crippen molar-refractivity contribution in [2.75, 3.05) is 13.7 Å². The van der Waals surface area contributed by atoms with E-state index in [1.165, 1.54) is 5.56 Å². The van der Waals surface area contributed by atoms with Crippen LogP contribution in [0, 0.1) is 0 Å². The van der Waals surface area contributed by atoms with Crippen molar-refractivity contribution in [3.05, 3.63) is 29.8 Å². The van der Waals surface area contributed by atoms with Crippen LogP contribution >= 0.6 is 0 Å². The van der Waals surface area contributed by atoms with Crippen LogP contribution in [0.4, 0.5) is 0 Å². The fraction of sp³-hybridized carbons (Fsp3) is 0.500. The van der Waals surface area contributed by atoms with Gasteiger partial charge in [0.2, 0.25) is 0 Å². The summed E-state index contributed by atoms with van der Waals surface area (Å²) in [7, 11) is 1.68. The van der Waals surface area contributed by atoms with E-state index in [0.717, 1.165) is 18.7 Å². The van der Waals surface area contributed by atoms with Crippen molar-refractivity contribution in [1.29, 1.82) is 0 Å². The smallest absolute Gasteiger partial charge is 0.118 e. The van der Waals surface area contributed by atoms with Gasteiger partial charge >= 0.3 is 0 Å². The molecular weight excluding hydrogens is 174 g/mol. The Kier molecular flexibility index (Phi) is 4.47. The fourth-order valence-electron chi connectivity index (χ4n) is 1.48. The second kappa shape index (κ2) is 5.66. The molecule has 0 saturated carbocycles.